The zero-order valence-corrected chi connectivity index (χ0v) is 14.3. The number of benzene rings is 1. The van der Waals surface area contributed by atoms with Gasteiger partial charge < -0.3 is 15.5 Å². The van der Waals surface area contributed by atoms with E-state index < -0.39 is 23.6 Å². The van der Waals surface area contributed by atoms with E-state index in [1.807, 2.05) is 0 Å². The zero-order chi connectivity index (χ0) is 19.3. The van der Waals surface area contributed by atoms with Crippen LogP contribution in [0.1, 0.15) is 38.2 Å². The molecule has 0 aliphatic carbocycles. The van der Waals surface area contributed by atoms with Crippen molar-refractivity contribution in [2.24, 2.45) is 0 Å². The number of hydrogen-bond acceptors (Lipinski definition) is 2. The maximum atomic E-state index is 13.3. The fourth-order valence-electron chi connectivity index (χ4n) is 3.00. The molecule has 0 spiro atoms. The van der Waals surface area contributed by atoms with Crippen molar-refractivity contribution in [2.75, 3.05) is 18.4 Å². The summed E-state index contributed by atoms with van der Waals surface area (Å²) < 4.78 is 51.7. The lowest BCUT2D eigenvalue weighted by Gasteiger charge is -2.36. The molecule has 1 saturated heterocycles. The Hall–Kier alpha value is -2.32. The molecule has 2 rings (SSSR count). The van der Waals surface area contributed by atoms with E-state index in [1.54, 1.807) is 4.90 Å². The van der Waals surface area contributed by atoms with Crippen LogP contribution in [-0.2, 0) is 11.0 Å². The van der Waals surface area contributed by atoms with E-state index >= 15 is 0 Å². The van der Waals surface area contributed by atoms with Crippen LogP contribution >= 0.6 is 0 Å². The van der Waals surface area contributed by atoms with E-state index in [4.69, 9.17) is 0 Å². The van der Waals surface area contributed by atoms with Crippen molar-refractivity contribution in [3.63, 3.8) is 0 Å². The van der Waals surface area contributed by atoms with Gasteiger partial charge in [-0.1, -0.05) is 0 Å². The minimum atomic E-state index is -4.84. The Labute approximate surface area is 148 Å². The summed E-state index contributed by atoms with van der Waals surface area (Å²) in [5, 5.41) is 5.08. The van der Waals surface area contributed by atoms with E-state index in [1.165, 1.54) is 6.92 Å². The molecule has 1 fully saturated rings. The highest BCUT2D eigenvalue weighted by Gasteiger charge is 2.34. The fraction of sp³-hybridized carbons (Fsp3) is 0.529. The molecule has 0 aromatic heterocycles. The van der Waals surface area contributed by atoms with Crippen LogP contribution in [0, 0.1) is 5.82 Å². The van der Waals surface area contributed by atoms with E-state index in [9.17, 15) is 27.2 Å². The van der Waals surface area contributed by atoms with Crippen molar-refractivity contribution < 1.29 is 27.2 Å². The average molecular weight is 375 g/mol. The number of nitrogens with zero attached hydrogens (tertiary/aromatic N) is 1. The van der Waals surface area contributed by atoms with Crippen molar-refractivity contribution in [2.45, 2.75) is 44.8 Å². The summed E-state index contributed by atoms with van der Waals surface area (Å²) in [7, 11) is 0. The summed E-state index contributed by atoms with van der Waals surface area (Å²) in [4.78, 5) is 25.0. The molecule has 1 aliphatic heterocycles. The third-order valence-electron chi connectivity index (χ3n) is 4.26. The number of halogens is 4. The molecule has 0 bridgehead atoms. The number of anilines is 1. The third kappa shape index (κ3) is 5.34. The van der Waals surface area contributed by atoms with Crippen LogP contribution in [0.5, 0.6) is 0 Å². The summed E-state index contributed by atoms with van der Waals surface area (Å²) in [6.45, 7) is 2.29. The van der Waals surface area contributed by atoms with Gasteiger partial charge in [0.1, 0.15) is 5.82 Å². The highest BCUT2D eigenvalue weighted by molar-refractivity contribution is 5.89. The second kappa shape index (κ2) is 8.37. The van der Waals surface area contributed by atoms with E-state index in [-0.39, 0.29) is 17.6 Å². The van der Waals surface area contributed by atoms with E-state index in [0.29, 0.717) is 31.6 Å². The minimum absolute atomic E-state index is 0.113. The first kappa shape index (κ1) is 20.0. The van der Waals surface area contributed by atoms with Gasteiger partial charge in [0.15, 0.2) is 0 Å². The van der Waals surface area contributed by atoms with Crippen LogP contribution < -0.4 is 10.6 Å². The molecule has 1 aliphatic rings. The first-order valence-electron chi connectivity index (χ1n) is 8.37. The number of alkyl halides is 3. The predicted octanol–water partition coefficient (Wildman–Crippen LogP) is 3.76. The maximum absolute atomic E-state index is 13.3. The summed E-state index contributed by atoms with van der Waals surface area (Å²) in [5.41, 5.74) is -1.54. The molecule has 5 nitrogen and oxygen atoms in total. The van der Waals surface area contributed by atoms with E-state index in [2.05, 4.69) is 10.6 Å². The number of nitrogens with one attached hydrogen (secondary N) is 2. The number of rotatable bonds is 4. The number of amides is 3. The lowest BCUT2D eigenvalue weighted by molar-refractivity contribution is -0.140. The fourth-order valence-corrected chi connectivity index (χ4v) is 3.00. The largest absolute Gasteiger partial charge is 0.419 e. The zero-order valence-electron chi connectivity index (χ0n) is 14.3. The standard InChI is InChI=1S/C17H21F4N3O2/c1-11(25)22-8-7-13-4-2-3-9-24(13)16(26)23-12-5-6-15(18)14(10-12)17(19,20)21/h5-6,10,13H,2-4,7-9H2,1H3,(H,22,25)(H,23,26). The second-order valence-electron chi connectivity index (χ2n) is 6.24. The highest BCUT2D eigenvalue weighted by atomic mass is 19.4. The molecule has 26 heavy (non-hydrogen) atoms. The number of urea groups is 1. The van der Waals surface area contributed by atoms with Gasteiger partial charge in [0.25, 0.3) is 0 Å². The summed E-state index contributed by atoms with van der Waals surface area (Å²) in [5.74, 6) is -1.55. The van der Waals surface area contributed by atoms with Crippen LogP contribution in [0.15, 0.2) is 18.2 Å². The Bertz CT molecular complexity index is 664. The molecule has 1 unspecified atom stereocenters. The molecule has 0 saturated carbocycles. The van der Waals surface area contributed by atoms with Gasteiger partial charge in [0, 0.05) is 31.7 Å². The molecule has 1 aromatic rings. The molecule has 1 aromatic carbocycles. The summed E-state index contributed by atoms with van der Waals surface area (Å²) in [6.07, 6.45) is -1.80. The Morgan fingerprint density at radius 1 is 1.27 bits per heavy atom. The van der Waals surface area contributed by atoms with Gasteiger partial charge in [-0.05, 0) is 43.9 Å². The van der Waals surface area contributed by atoms with Gasteiger partial charge in [-0.3, -0.25) is 4.79 Å². The average Bonchev–Trinajstić information content (AvgIpc) is 2.55. The monoisotopic (exact) mass is 375 g/mol. The molecule has 1 atom stereocenters. The first-order valence-corrected chi connectivity index (χ1v) is 8.37. The van der Waals surface area contributed by atoms with Gasteiger partial charge in [-0.25, -0.2) is 9.18 Å². The van der Waals surface area contributed by atoms with Gasteiger partial charge in [0.05, 0.1) is 5.56 Å². The molecule has 144 valence electrons. The Kier molecular flexibility index (Phi) is 6.44. The molecule has 3 amide bonds. The maximum Gasteiger partial charge on any atom is 0.419 e. The smallest absolute Gasteiger partial charge is 0.356 e. The third-order valence-corrected chi connectivity index (χ3v) is 4.26. The van der Waals surface area contributed by atoms with Gasteiger partial charge in [-0.2, -0.15) is 13.2 Å². The highest BCUT2D eigenvalue weighted by Crippen LogP contribution is 2.33. The molecular weight excluding hydrogens is 354 g/mol. The SMILES string of the molecule is CC(=O)NCCC1CCCCN1C(=O)Nc1ccc(F)c(C(F)(F)F)c1. The Morgan fingerprint density at radius 3 is 2.65 bits per heavy atom. The number of carbonyl (C=O) groups excluding carboxylic acids is 2. The van der Waals surface area contributed by atoms with Crippen molar-refractivity contribution in [3.05, 3.63) is 29.6 Å². The predicted molar refractivity (Wildman–Crippen MR) is 88.1 cm³/mol. The minimum Gasteiger partial charge on any atom is -0.356 e. The van der Waals surface area contributed by atoms with E-state index in [0.717, 1.165) is 25.3 Å². The second-order valence-corrected chi connectivity index (χ2v) is 6.24. The number of hydrogen-bond donors (Lipinski definition) is 2. The number of carbonyl (C=O) groups is 2. The first-order chi connectivity index (χ1) is 12.2. The molecule has 9 heteroatoms. The van der Waals surface area contributed by atoms with Gasteiger partial charge in [0.2, 0.25) is 5.91 Å². The summed E-state index contributed by atoms with van der Waals surface area (Å²) in [6, 6.07) is 1.72. The summed E-state index contributed by atoms with van der Waals surface area (Å²) >= 11 is 0. The molecular formula is C17H21F4N3O2. The molecule has 1 heterocycles. The number of likely N-dealkylation sites (tertiary alicyclic amines) is 1. The topological polar surface area (TPSA) is 61.4 Å². The Balaban J connectivity index is 2.06. The van der Waals surface area contributed by atoms with Crippen molar-refractivity contribution in [3.8, 4) is 0 Å². The van der Waals surface area contributed by atoms with Crippen LogP contribution in [0.25, 0.3) is 0 Å². The lowest BCUT2D eigenvalue weighted by Crippen LogP contribution is -2.47. The van der Waals surface area contributed by atoms with Gasteiger partial charge >= 0.3 is 12.2 Å². The molecule has 0 radical (unpaired) electrons. The van der Waals surface area contributed by atoms with Crippen LogP contribution in [0.4, 0.5) is 28.0 Å². The Morgan fingerprint density at radius 2 is 2.00 bits per heavy atom. The quantitative estimate of drug-likeness (QED) is 0.788. The van der Waals surface area contributed by atoms with Crippen LogP contribution in [0.2, 0.25) is 0 Å². The normalized spacial score (nSPS) is 17.7. The van der Waals surface area contributed by atoms with Gasteiger partial charge in [-0.15, -0.1) is 0 Å². The molecule has 2 N–H and O–H groups in total. The number of piperidine rings is 1. The van der Waals surface area contributed by atoms with Crippen LogP contribution in [0.3, 0.4) is 0 Å². The van der Waals surface area contributed by atoms with Crippen molar-refractivity contribution in [1.29, 1.82) is 0 Å². The van der Waals surface area contributed by atoms with Crippen molar-refractivity contribution >= 4 is 17.6 Å². The lowest BCUT2D eigenvalue weighted by atomic mass is 9.99. The van der Waals surface area contributed by atoms with Crippen molar-refractivity contribution in [1.82, 2.24) is 10.2 Å². The van der Waals surface area contributed by atoms with Crippen LogP contribution in [-0.4, -0.2) is 36.0 Å².